The maximum absolute atomic E-state index is 12.5. The number of nitrogens with zero attached hydrogens (tertiary/aromatic N) is 4. The summed E-state index contributed by atoms with van der Waals surface area (Å²) in [5.41, 5.74) is 2.25. The quantitative estimate of drug-likeness (QED) is 0.688. The van der Waals surface area contributed by atoms with E-state index < -0.39 is 0 Å². The molecule has 28 heavy (non-hydrogen) atoms. The van der Waals surface area contributed by atoms with E-state index in [0.29, 0.717) is 18.2 Å². The molecule has 0 aliphatic carbocycles. The fourth-order valence-electron chi connectivity index (χ4n) is 3.76. The predicted octanol–water partition coefficient (Wildman–Crippen LogP) is 3.28. The number of carbonyl (C=O) groups is 1. The molecule has 2 aromatic heterocycles. The Balaban J connectivity index is 1.24. The molecular weight excluding hydrogens is 350 g/mol. The van der Waals surface area contributed by atoms with Crippen LogP contribution in [0.15, 0.2) is 54.9 Å². The largest absolute Gasteiger partial charge is 0.342 e. The smallest absolute Gasteiger partial charge is 0.222 e. The molecule has 6 heteroatoms. The zero-order valence-electron chi connectivity index (χ0n) is 15.9. The van der Waals surface area contributed by atoms with E-state index in [9.17, 15) is 4.79 Å². The average molecular weight is 375 g/mol. The molecule has 6 nitrogen and oxygen atoms in total. The Morgan fingerprint density at radius 2 is 1.96 bits per heavy atom. The summed E-state index contributed by atoms with van der Waals surface area (Å²) in [5, 5.41) is 7.35. The van der Waals surface area contributed by atoms with Crippen LogP contribution in [0, 0.1) is 5.92 Å². The van der Waals surface area contributed by atoms with E-state index in [1.807, 2.05) is 35.2 Å². The van der Waals surface area contributed by atoms with Crippen molar-refractivity contribution in [2.24, 2.45) is 5.92 Å². The van der Waals surface area contributed by atoms with Gasteiger partial charge in [-0.15, -0.1) is 0 Å². The summed E-state index contributed by atoms with van der Waals surface area (Å²) < 4.78 is 0. The molecule has 1 N–H and O–H groups in total. The molecule has 0 spiro atoms. The minimum atomic E-state index is 0.272. The standard InChI is InChI=1S/C22H25N5O/c28-21(8-4-7-17-5-2-1-3-6-17)27-14-11-18(16-27)15-20-24-22(26-25-20)19-9-12-23-13-10-19/h1-3,5-6,9-10,12-13,18H,4,7-8,11,14-16H2,(H,24,25,26). The van der Waals surface area contributed by atoms with Crippen molar-refractivity contribution in [1.29, 1.82) is 0 Å². The lowest BCUT2D eigenvalue weighted by atomic mass is 10.0. The van der Waals surface area contributed by atoms with Crippen LogP contribution in [0.25, 0.3) is 11.4 Å². The minimum Gasteiger partial charge on any atom is -0.342 e. The number of hydrogen-bond donors (Lipinski definition) is 1. The van der Waals surface area contributed by atoms with E-state index in [2.05, 4.69) is 32.3 Å². The van der Waals surface area contributed by atoms with Gasteiger partial charge in [0.2, 0.25) is 5.91 Å². The van der Waals surface area contributed by atoms with Gasteiger partial charge in [0.25, 0.3) is 0 Å². The molecule has 1 aliphatic rings. The monoisotopic (exact) mass is 375 g/mol. The number of rotatable bonds is 7. The Labute approximate surface area is 165 Å². The van der Waals surface area contributed by atoms with Crippen molar-refractivity contribution < 1.29 is 4.79 Å². The Morgan fingerprint density at radius 3 is 2.79 bits per heavy atom. The van der Waals surface area contributed by atoms with Gasteiger partial charge in [-0.25, -0.2) is 4.98 Å². The molecule has 0 saturated carbocycles. The SMILES string of the molecule is O=C(CCCc1ccccc1)N1CCC(Cc2nc(-c3ccncc3)n[nH]2)C1. The number of benzene rings is 1. The number of H-pyrrole nitrogens is 1. The van der Waals surface area contributed by atoms with Crippen LogP contribution in [0.4, 0.5) is 0 Å². The van der Waals surface area contributed by atoms with E-state index in [-0.39, 0.29) is 5.91 Å². The number of likely N-dealkylation sites (tertiary alicyclic amines) is 1. The summed E-state index contributed by atoms with van der Waals surface area (Å²) in [7, 11) is 0. The van der Waals surface area contributed by atoms with Gasteiger partial charge in [0.15, 0.2) is 5.82 Å². The fourth-order valence-corrected chi connectivity index (χ4v) is 3.76. The first-order chi connectivity index (χ1) is 13.8. The van der Waals surface area contributed by atoms with Gasteiger partial charge in [-0.3, -0.25) is 14.9 Å². The van der Waals surface area contributed by atoms with E-state index in [1.165, 1.54) is 5.56 Å². The van der Waals surface area contributed by atoms with Crippen LogP contribution < -0.4 is 0 Å². The first kappa shape index (κ1) is 18.3. The highest BCUT2D eigenvalue weighted by Gasteiger charge is 2.26. The van der Waals surface area contributed by atoms with Gasteiger partial charge < -0.3 is 4.90 Å². The Kier molecular flexibility index (Phi) is 5.75. The molecule has 0 radical (unpaired) electrons. The summed E-state index contributed by atoms with van der Waals surface area (Å²) in [4.78, 5) is 23.1. The van der Waals surface area contributed by atoms with Gasteiger partial charge in [-0.1, -0.05) is 30.3 Å². The lowest BCUT2D eigenvalue weighted by molar-refractivity contribution is -0.130. The van der Waals surface area contributed by atoms with Crippen molar-refractivity contribution in [3.63, 3.8) is 0 Å². The number of amides is 1. The van der Waals surface area contributed by atoms with E-state index in [0.717, 1.165) is 50.2 Å². The zero-order chi connectivity index (χ0) is 19.2. The van der Waals surface area contributed by atoms with Crippen LogP contribution in [0.5, 0.6) is 0 Å². The van der Waals surface area contributed by atoms with Crippen LogP contribution in [-0.2, 0) is 17.6 Å². The van der Waals surface area contributed by atoms with Gasteiger partial charge >= 0.3 is 0 Å². The molecule has 0 bridgehead atoms. The number of aromatic amines is 1. The molecule has 1 saturated heterocycles. The van der Waals surface area contributed by atoms with Gasteiger partial charge in [-0.2, -0.15) is 5.10 Å². The topological polar surface area (TPSA) is 74.8 Å². The van der Waals surface area contributed by atoms with E-state index in [4.69, 9.17) is 0 Å². The Bertz CT molecular complexity index is 894. The number of aryl methyl sites for hydroxylation is 1. The molecule has 1 amide bonds. The number of carbonyl (C=O) groups excluding carboxylic acids is 1. The second-order valence-corrected chi connectivity index (χ2v) is 7.38. The third-order valence-corrected chi connectivity index (χ3v) is 5.29. The fraction of sp³-hybridized carbons (Fsp3) is 0.364. The van der Waals surface area contributed by atoms with E-state index >= 15 is 0 Å². The van der Waals surface area contributed by atoms with Crippen molar-refractivity contribution in [2.45, 2.75) is 32.1 Å². The van der Waals surface area contributed by atoms with Crippen molar-refractivity contribution >= 4 is 5.91 Å². The third kappa shape index (κ3) is 4.63. The van der Waals surface area contributed by atoms with Gasteiger partial charge in [0, 0.05) is 43.9 Å². The summed E-state index contributed by atoms with van der Waals surface area (Å²) in [6, 6.07) is 14.2. The number of pyridine rings is 1. The molecule has 1 unspecified atom stereocenters. The average Bonchev–Trinajstić information content (AvgIpc) is 3.40. The van der Waals surface area contributed by atoms with Crippen LogP contribution in [0.3, 0.4) is 0 Å². The summed E-state index contributed by atoms with van der Waals surface area (Å²) in [6.45, 7) is 1.66. The normalized spacial score (nSPS) is 16.4. The van der Waals surface area contributed by atoms with Crippen LogP contribution >= 0.6 is 0 Å². The lowest BCUT2D eigenvalue weighted by Gasteiger charge is -2.16. The van der Waals surface area contributed by atoms with Gasteiger partial charge in [-0.05, 0) is 42.9 Å². The predicted molar refractivity (Wildman–Crippen MR) is 107 cm³/mol. The highest BCUT2D eigenvalue weighted by atomic mass is 16.2. The highest BCUT2D eigenvalue weighted by molar-refractivity contribution is 5.76. The first-order valence-electron chi connectivity index (χ1n) is 9.91. The third-order valence-electron chi connectivity index (χ3n) is 5.29. The van der Waals surface area contributed by atoms with Crippen molar-refractivity contribution in [2.75, 3.05) is 13.1 Å². The molecule has 1 atom stereocenters. The maximum Gasteiger partial charge on any atom is 0.222 e. The van der Waals surface area contributed by atoms with Crippen LogP contribution in [-0.4, -0.2) is 44.1 Å². The van der Waals surface area contributed by atoms with Crippen molar-refractivity contribution in [3.8, 4) is 11.4 Å². The highest BCUT2D eigenvalue weighted by Crippen LogP contribution is 2.22. The number of hydrogen-bond acceptors (Lipinski definition) is 4. The first-order valence-corrected chi connectivity index (χ1v) is 9.91. The lowest BCUT2D eigenvalue weighted by Crippen LogP contribution is -2.28. The minimum absolute atomic E-state index is 0.272. The Hall–Kier alpha value is -3.02. The maximum atomic E-state index is 12.5. The second kappa shape index (κ2) is 8.78. The Morgan fingerprint density at radius 1 is 1.14 bits per heavy atom. The van der Waals surface area contributed by atoms with Gasteiger partial charge in [0.1, 0.15) is 5.82 Å². The summed E-state index contributed by atoms with van der Waals surface area (Å²) in [5.74, 6) is 2.30. The summed E-state index contributed by atoms with van der Waals surface area (Å²) in [6.07, 6.45) is 7.81. The molecule has 1 aliphatic heterocycles. The number of nitrogens with one attached hydrogen (secondary N) is 1. The number of aromatic nitrogens is 4. The van der Waals surface area contributed by atoms with Crippen molar-refractivity contribution in [1.82, 2.24) is 25.1 Å². The molecule has 144 valence electrons. The second-order valence-electron chi connectivity index (χ2n) is 7.38. The molecular formula is C22H25N5O. The molecule has 3 aromatic rings. The van der Waals surface area contributed by atoms with Crippen molar-refractivity contribution in [3.05, 3.63) is 66.2 Å². The van der Waals surface area contributed by atoms with Crippen LogP contribution in [0.1, 0.15) is 30.7 Å². The van der Waals surface area contributed by atoms with Gasteiger partial charge in [0.05, 0.1) is 0 Å². The molecule has 1 aromatic carbocycles. The van der Waals surface area contributed by atoms with E-state index in [1.54, 1.807) is 12.4 Å². The zero-order valence-corrected chi connectivity index (χ0v) is 15.9. The summed E-state index contributed by atoms with van der Waals surface area (Å²) >= 11 is 0. The molecule has 4 rings (SSSR count). The molecule has 3 heterocycles. The molecule has 1 fully saturated rings. The van der Waals surface area contributed by atoms with Crippen LogP contribution in [0.2, 0.25) is 0 Å².